The fraction of sp³-hybridized carbons (Fsp3) is 0.500. The van der Waals surface area contributed by atoms with Crippen LogP contribution in [0.5, 0.6) is 0 Å². The van der Waals surface area contributed by atoms with Crippen LogP contribution >= 0.6 is 11.8 Å². The van der Waals surface area contributed by atoms with Crippen molar-refractivity contribution in [3.05, 3.63) is 10.6 Å². The lowest BCUT2D eigenvalue weighted by Crippen LogP contribution is -2.06. The predicted molar refractivity (Wildman–Crippen MR) is 50.0 cm³/mol. The molecular formula is C8H12N2OS. The molecule has 0 aromatic heterocycles. The number of carbonyl (C=O) groups excluding carboxylic acids is 1. The highest BCUT2D eigenvalue weighted by Crippen LogP contribution is 2.20. The van der Waals surface area contributed by atoms with Gasteiger partial charge in [-0.3, -0.25) is 4.79 Å². The van der Waals surface area contributed by atoms with Gasteiger partial charge in [0.2, 0.25) is 0 Å². The van der Waals surface area contributed by atoms with Gasteiger partial charge in [-0.15, -0.1) is 0 Å². The minimum absolute atomic E-state index is 0.0547. The number of allylic oxidation sites excluding steroid dienone is 2. The molecule has 0 radical (unpaired) electrons. The molecule has 0 spiro atoms. The third-order valence-corrected chi connectivity index (χ3v) is 2.18. The van der Waals surface area contributed by atoms with Crippen molar-refractivity contribution < 1.29 is 4.79 Å². The van der Waals surface area contributed by atoms with Crippen molar-refractivity contribution in [2.75, 3.05) is 0 Å². The summed E-state index contributed by atoms with van der Waals surface area (Å²) < 4.78 is 0. The molecule has 0 saturated carbocycles. The Morgan fingerprint density at radius 2 is 2.08 bits per heavy atom. The molecule has 0 rings (SSSR count). The lowest BCUT2D eigenvalue weighted by atomic mass is 10.2. The average Bonchev–Trinajstić information content (AvgIpc) is 2.11. The number of nitrogens with zero attached hydrogens (tertiary/aromatic N) is 1. The average molecular weight is 184 g/mol. The molecule has 0 aromatic rings. The summed E-state index contributed by atoms with van der Waals surface area (Å²) in [4.78, 5) is 11.6. The van der Waals surface area contributed by atoms with Crippen molar-refractivity contribution >= 4 is 17.5 Å². The van der Waals surface area contributed by atoms with Crippen molar-refractivity contribution in [2.24, 2.45) is 5.73 Å². The number of nitriles is 1. The first-order valence-corrected chi connectivity index (χ1v) is 4.56. The molecule has 0 aliphatic rings. The topological polar surface area (TPSA) is 66.9 Å². The molecule has 0 amide bonds. The number of thiocyanates is 1. The van der Waals surface area contributed by atoms with E-state index < -0.39 is 0 Å². The predicted octanol–water partition coefficient (Wildman–Crippen LogP) is 1.76. The van der Waals surface area contributed by atoms with Crippen LogP contribution in [0.15, 0.2) is 10.6 Å². The van der Waals surface area contributed by atoms with E-state index in [0.717, 1.165) is 11.8 Å². The SMILES string of the molecule is CCC(=O)/C(SC#N)=C(\N)CC. The maximum absolute atomic E-state index is 11.2. The van der Waals surface area contributed by atoms with Crippen LogP contribution in [-0.2, 0) is 4.79 Å². The van der Waals surface area contributed by atoms with Gasteiger partial charge in [0, 0.05) is 12.1 Å². The zero-order chi connectivity index (χ0) is 9.56. The maximum Gasteiger partial charge on any atom is 0.171 e. The molecule has 0 aromatic carbocycles. The van der Waals surface area contributed by atoms with Gasteiger partial charge in [-0.1, -0.05) is 13.8 Å². The van der Waals surface area contributed by atoms with E-state index in [4.69, 9.17) is 11.0 Å². The number of nitrogens with two attached hydrogens (primary N) is 1. The summed E-state index contributed by atoms with van der Waals surface area (Å²) >= 11 is 0.852. The van der Waals surface area contributed by atoms with E-state index in [1.165, 1.54) is 0 Å². The molecule has 0 heterocycles. The third-order valence-electron chi connectivity index (χ3n) is 1.39. The van der Waals surface area contributed by atoms with Gasteiger partial charge < -0.3 is 5.73 Å². The first kappa shape index (κ1) is 11.1. The number of ketones is 1. The van der Waals surface area contributed by atoms with Gasteiger partial charge >= 0.3 is 0 Å². The van der Waals surface area contributed by atoms with Crippen molar-refractivity contribution in [2.45, 2.75) is 26.7 Å². The second-order valence-corrected chi connectivity index (χ2v) is 2.97. The van der Waals surface area contributed by atoms with Crippen molar-refractivity contribution in [1.82, 2.24) is 0 Å². The van der Waals surface area contributed by atoms with Crippen LogP contribution in [0.1, 0.15) is 26.7 Å². The highest BCUT2D eigenvalue weighted by Gasteiger charge is 2.11. The van der Waals surface area contributed by atoms with Crippen molar-refractivity contribution in [3.8, 4) is 5.40 Å². The molecule has 2 N–H and O–H groups in total. The summed E-state index contributed by atoms with van der Waals surface area (Å²) in [6, 6.07) is 0. The maximum atomic E-state index is 11.2. The number of hydrogen-bond donors (Lipinski definition) is 1. The molecule has 4 heteroatoms. The van der Waals surface area contributed by atoms with Crippen molar-refractivity contribution in [3.63, 3.8) is 0 Å². The monoisotopic (exact) mass is 184 g/mol. The van der Waals surface area contributed by atoms with Gasteiger partial charge in [0.05, 0.1) is 4.91 Å². The molecule has 0 fully saturated rings. The van der Waals surface area contributed by atoms with E-state index in [1.54, 1.807) is 6.92 Å². The van der Waals surface area contributed by atoms with Crippen LogP contribution in [-0.4, -0.2) is 5.78 Å². The summed E-state index contributed by atoms with van der Waals surface area (Å²) in [5, 5.41) is 10.3. The van der Waals surface area contributed by atoms with E-state index in [0.29, 0.717) is 23.4 Å². The summed E-state index contributed by atoms with van der Waals surface area (Å²) in [6.45, 7) is 3.61. The molecule has 66 valence electrons. The normalized spacial score (nSPS) is 11.8. The van der Waals surface area contributed by atoms with E-state index in [-0.39, 0.29) is 5.78 Å². The van der Waals surface area contributed by atoms with E-state index in [2.05, 4.69) is 0 Å². The number of hydrogen-bond acceptors (Lipinski definition) is 4. The lowest BCUT2D eigenvalue weighted by molar-refractivity contribution is -0.114. The second kappa shape index (κ2) is 5.67. The van der Waals surface area contributed by atoms with Crippen LogP contribution in [0.25, 0.3) is 0 Å². The first-order valence-electron chi connectivity index (χ1n) is 3.75. The van der Waals surface area contributed by atoms with Gasteiger partial charge in [-0.05, 0) is 18.2 Å². The summed E-state index contributed by atoms with van der Waals surface area (Å²) in [5.41, 5.74) is 6.07. The largest absolute Gasteiger partial charge is 0.401 e. The quantitative estimate of drug-likeness (QED) is 0.534. The molecule has 0 aliphatic carbocycles. The fourth-order valence-electron chi connectivity index (χ4n) is 0.668. The van der Waals surface area contributed by atoms with Gasteiger partial charge in [0.15, 0.2) is 5.78 Å². The summed E-state index contributed by atoms with van der Waals surface area (Å²) in [7, 11) is 0. The Morgan fingerprint density at radius 3 is 2.42 bits per heavy atom. The number of Topliss-reactive ketones (excluding diaryl/α,β-unsaturated/α-hetero) is 1. The Balaban J connectivity index is 4.67. The molecule has 0 saturated heterocycles. The van der Waals surface area contributed by atoms with Crippen LogP contribution in [0, 0.1) is 10.7 Å². The molecule has 0 aliphatic heterocycles. The highest BCUT2D eigenvalue weighted by atomic mass is 32.2. The Hall–Kier alpha value is -0.950. The van der Waals surface area contributed by atoms with Crippen molar-refractivity contribution in [1.29, 1.82) is 5.26 Å². The number of carbonyl (C=O) groups is 1. The van der Waals surface area contributed by atoms with Gasteiger partial charge in [-0.25, -0.2) is 0 Å². The van der Waals surface area contributed by atoms with E-state index >= 15 is 0 Å². The van der Waals surface area contributed by atoms with E-state index in [1.807, 2.05) is 12.3 Å². The molecule has 0 atom stereocenters. The van der Waals surface area contributed by atoms with Crippen LogP contribution in [0.4, 0.5) is 0 Å². The van der Waals surface area contributed by atoms with Crippen LogP contribution in [0.3, 0.4) is 0 Å². The second-order valence-electron chi connectivity index (χ2n) is 2.18. The van der Waals surface area contributed by atoms with Gasteiger partial charge in [0.1, 0.15) is 5.40 Å². The molecule has 0 bridgehead atoms. The fourth-order valence-corrected chi connectivity index (χ4v) is 1.29. The number of rotatable bonds is 4. The van der Waals surface area contributed by atoms with Gasteiger partial charge in [-0.2, -0.15) is 5.26 Å². The third kappa shape index (κ3) is 2.97. The zero-order valence-electron chi connectivity index (χ0n) is 7.26. The Bertz CT molecular complexity index is 240. The smallest absolute Gasteiger partial charge is 0.171 e. The zero-order valence-corrected chi connectivity index (χ0v) is 8.07. The minimum atomic E-state index is -0.0547. The molecular weight excluding hydrogens is 172 g/mol. The van der Waals surface area contributed by atoms with Gasteiger partial charge in [0.25, 0.3) is 0 Å². The van der Waals surface area contributed by atoms with Crippen LogP contribution < -0.4 is 5.73 Å². The minimum Gasteiger partial charge on any atom is -0.401 e. The Morgan fingerprint density at radius 1 is 1.50 bits per heavy atom. The summed E-state index contributed by atoms with van der Waals surface area (Å²) in [6.07, 6.45) is 1.00. The standard InChI is InChI=1S/C8H12N2OS/c1-3-6(10)8(12-5-9)7(11)4-2/h3-4,10H2,1-2H3/b8-6+. The first-order chi connectivity index (χ1) is 5.67. The molecule has 0 unspecified atom stereocenters. The van der Waals surface area contributed by atoms with Crippen LogP contribution in [0.2, 0.25) is 0 Å². The molecule has 3 nitrogen and oxygen atoms in total. The molecule has 12 heavy (non-hydrogen) atoms. The number of thioether (sulfide) groups is 1. The Kier molecular flexibility index (Phi) is 5.22. The Labute approximate surface area is 76.6 Å². The summed E-state index contributed by atoms with van der Waals surface area (Å²) in [5.74, 6) is -0.0547. The lowest BCUT2D eigenvalue weighted by Gasteiger charge is -2.02. The highest BCUT2D eigenvalue weighted by molar-refractivity contribution is 8.08. The van der Waals surface area contributed by atoms with E-state index in [9.17, 15) is 4.79 Å².